The molecule has 0 aliphatic heterocycles. The van der Waals surface area contributed by atoms with Crippen LogP contribution in [-0.4, -0.2) is 16.6 Å². The van der Waals surface area contributed by atoms with Crippen molar-refractivity contribution in [1.82, 2.24) is 4.98 Å². The number of nitrogens with one attached hydrogen (secondary N) is 1. The van der Waals surface area contributed by atoms with Gasteiger partial charge in [-0.25, -0.2) is 4.98 Å². The number of thiazole rings is 1. The molecule has 1 amide bonds. The molecule has 3 nitrogen and oxygen atoms in total. The number of fused-ring (bicyclic) bond motifs is 1. The van der Waals surface area contributed by atoms with E-state index in [0.29, 0.717) is 5.75 Å². The largest absolute Gasteiger partial charge is 0.325 e. The number of anilines is 1. The molecule has 3 aromatic rings. The standard InChI is InChI=1S/C19H20N2OS2/c1-12-8-13(2)19(14(3)9-12)21-17(22)10-23-11-18-20-15-6-4-5-7-16(15)24-18/h4-9H,10-11H2,1-3H3,(H,21,22). The summed E-state index contributed by atoms with van der Waals surface area (Å²) in [5, 5.41) is 4.11. The van der Waals surface area contributed by atoms with Gasteiger partial charge in [-0.05, 0) is 44.0 Å². The lowest BCUT2D eigenvalue weighted by Crippen LogP contribution is -2.16. The van der Waals surface area contributed by atoms with E-state index in [9.17, 15) is 4.79 Å². The van der Waals surface area contributed by atoms with E-state index in [0.717, 1.165) is 33.1 Å². The van der Waals surface area contributed by atoms with Gasteiger partial charge in [0.05, 0.1) is 16.0 Å². The molecule has 0 atom stereocenters. The molecule has 1 N–H and O–H groups in total. The molecule has 0 unspecified atom stereocenters. The Hall–Kier alpha value is -1.85. The smallest absolute Gasteiger partial charge is 0.234 e. The Morgan fingerprint density at radius 3 is 2.58 bits per heavy atom. The van der Waals surface area contributed by atoms with Crippen molar-refractivity contribution in [3.63, 3.8) is 0 Å². The molecule has 24 heavy (non-hydrogen) atoms. The van der Waals surface area contributed by atoms with Crippen LogP contribution in [0.5, 0.6) is 0 Å². The first-order chi connectivity index (χ1) is 11.5. The van der Waals surface area contributed by atoms with Gasteiger partial charge in [-0.15, -0.1) is 23.1 Å². The summed E-state index contributed by atoms with van der Waals surface area (Å²) in [6.07, 6.45) is 0. The monoisotopic (exact) mass is 356 g/mol. The summed E-state index contributed by atoms with van der Waals surface area (Å²) in [7, 11) is 0. The number of thioether (sulfide) groups is 1. The molecule has 2 aromatic carbocycles. The van der Waals surface area contributed by atoms with E-state index in [2.05, 4.69) is 35.4 Å². The second kappa shape index (κ2) is 7.36. The summed E-state index contributed by atoms with van der Waals surface area (Å²) in [6.45, 7) is 6.13. The summed E-state index contributed by atoms with van der Waals surface area (Å²) in [5.74, 6) is 1.23. The maximum Gasteiger partial charge on any atom is 0.234 e. The number of aromatic nitrogens is 1. The van der Waals surface area contributed by atoms with E-state index >= 15 is 0 Å². The Morgan fingerprint density at radius 1 is 1.17 bits per heavy atom. The minimum absolute atomic E-state index is 0.0381. The highest BCUT2D eigenvalue weighted by molar-refractivity contribution is 7.99. The molecule has 0 saturated carbocycles. The Kier molecular flexibility index (Phi) is 5.21. The quantitative estimate of drug-likeness (QED) is 0.692. The fraction of sp³-hybridized carbons (Fsp3) is 0.263. The van der Waals surface area contributed by atoms with Gasteiger partial charge in [-0.3, -0.25) is 4.79 Å². The number of hydrogen-bond donors (Lipinski definition) is 1. The van der Waals surface area contributed by atoms with Crippen molar-refractivity contribution in [2.24, 2.45) is 0 Å². The van der Waals surface area contributed by atoms with Crippen LogP contribution in [0.3, 0.4) is 0 Å². The maximum atomic E-state index is 12.2. The lowest BCUT2D eigenvalue weighted by molar-refractivity contribution is -0.113. The molecule has 1 aromatic heterocycles. The van der Waals surface area contributed by atoms with Crippen LogP contribution in [0.15, 0.2) is 36.4 Å². The van der Waals surface area contributed by atoms with Crippen molar-refractivity contribution in [1.29, 1.82) is 0 Å². The van der Waals surface area contributed by atoms with Gasteiger partial charge >= 0.3 is 0 Å². The van der Waals surface area contributed by atoms with Crippen molar-refractivity contribution in [3.8, 4) is 0 Å². The minimum atomic E-state index is 0.0381. The first-order valence-corrected chi connectivity index (χ1v) is 9.80. The van der Waals surface area contributed by atoms with Crippen molar-refractivity contribution >= 4 is 44.9 Å². The van der Waals surface area contributed by atoms with E-state index in [-0.39, 0.29) is 5.91 Å². The number of carbonyl (C=O) groups excluding carboxylic acids is 1. The van der Waals surface area contributed by atoms with Gasteiger partial charge in [0.1, 0.15) is 5.01 Å². The molecule has 1 heterocycles. The minimum Gasteiger partial charge on any atom is -0.325 e. The molecule has 124 valence electrons. The average molecular weight is 357 g/mol. The van der Waals surface area contributed by atoms with Crippen LogP contribution in [0, 0.1) is 20.8 Å². The highest BCUT2D eigenvalue weighted by atomic mass is 32.2. The molecule has 0 aliphatic rings. The normalized spacial score (nSPS) is 11.0. The molecule has 0 saturated heterocycles. The average Bonchev–Trinajstić information content (AvgIpc) is 2.93. The molecular formula is C19H20N2OS2. The maximum absolute atomic E-state index is 12.2. The molecule has 0 spiro atoms. The summed E-state index contributed by atoms with van der Waals surface area (Å²) < 4.78 is 1.20. The van der Waals surface area contributed by atoms with Gasteiger partial charge in [0.25, 0.3) is 0 Å². The van der Waals surface area contributed by atoms with Crippen LogP contribution in [0.25, 0.3) is 10.2 Å². The van der Waals surface area contributed by atoms with Crippen molar-refractivity contribution in [2.45, 2.75) is 26.5 Å². The van der Waals surface area contributed by atoms with E-state index in [1.54, 1.807) is 23.1 Å². The van der Waals surface area contributed by atoms with Crippen molar-refractivity contribution in [3.05, 3.63) is 58.1 Å². The number of nitrogens with zero attached hydrogens (tertiary/aromatic N) is 1. The van der Waals surface area contributed by atoms with Gasteiger partial charge in [-0.1, -0.05) is 29.8 Å². The zero-order valence-corrected chi connectivity index (χ0v) is 15.7. The summed E-state index contributed by atoms with van der Waals surface area (Å²) in [6, 6.07) is 12.3. The van der Waals surface area contributed by atoms with Gasteiger partial charge in [-0.2, -0.15) is 0 Å². The van der Waals surface area contributed by atoms with Crippen LogP contribution in [-0.2, 0) is 10.5 Å². The zero-order chi connectivity index (χ0) is 17.1. The van der Waals surface area contributed by atoms with Crippen LogP contribution < -0.4 is 5.32 Å². The zero-order valence-electron chi connectivity index (χ0n) is 14.1. The third-order valence-electron chi connectivity index (χ3n) is 3.74. The number of carbonyl (C=O) groups is 1. The highest BCUT2D eigenvalue weighted by Crippen LogP contribution is 2.25. The topological polar surface area (TPSA) is 42.0 Å². The van der Waals surface area contributed by atoms with Crippen LogP contribution in [0.2, 0.25) is 0 Å². The van der Waals surface area contributed by atoms with Crippen LogP contribution in [0.4, 0.5) is 5.69 Å². The molecule has 3 rings (SSSR count). The number of aryl methyl sites for hydroxylation is 3. The molecule has 0 aliphatic carbocycles. The number of hydrogen-bond acceptors (Lipinski definition) is 4. The van der Waals surface area contributed by atoms with E-state index in [4.69, 9.17) is 0 Å². The summed E-state index contributed by atoms with van der Waals surface area (Å²) in [5.41, 5.74) is 5.40. The number of para-hydroxylation sites is 1. The molecule has 0 radical (unpaired) electrons. The lowest BCUT2D eigenvalue weighted by Gasteiger charge is -2.12. The summed E-state index contributed by atoms with van der Waals surface area (Å²) >= 11 is 3.30. The second-order valence-electron chi connectivity index (χ2n) is 5.89. The van der Waals surface area contributed by atoms with E-state index in [1.165, 1.54) is 10.3 Å². The Morgan fingerprint density at radius 2 is 1.88 bits per heavy atom. The molecule has 5 heteroatoms. The van der Waals surface area contributed by atoms with E-state index < -0.39 is 0 Å². The van der Waals surface area contributed by atoms with Gasteiger partial charge in [0.15, 0.2) is 0 Å². The second-order valence-corrected chi connectivity index (χ2v) is 7.99. The first kappa shape index (κ1) is 17.0. The predicted molar refractivity (Wildman–Crippen MR) is 105 cm³/mol. The van der Waals surface area contributed by atoms with Gasteiger partial charge in [0, 0.05) is 11.4 Å². The molecule has 0 fully saturated rings. The lowest BCUT2D eigenvalue weighted by atomic mass is 10.1. The van der Waals surface area contributed by atoms with Crippen molar-refractivity contribution in [2.75, 3.05) is 11.1 Å². The summed E-state index contributed by atoms with van der Waals surface area (Å²) in [4.78, 5) is 16.8. The fourth-order valence-electron chi connectivity index (χ4n) is 2.77. The third kappa shape index (κ3) is 3.97. The Balaban J connectivity index is 1.56. The number of amides is 1. The van der Waals surface area contributed by atoms with Gasteiger partial charge in [0.2, 0.25) is 5.91 Å². The molecule has 0 bridgehead atoms. The SMILES string of the molecule is Cc1cc(C)c(NC(=O)CSCc2nc3ccccc3s2)c(C)c1. The molecular weight excluding hydrogens is 336 g/mol. The third-order valence-corrected chi connectivity index (χ3v) is 5.90. The highest BCUT2D eigenvalue weighted by Gasteiger charge is 2.09. The fourth-order valence-corrected chi connectivity index (χ4v) is 4.61. The van der Waals surface area contributed by atoms with Gasteiger partial charge < -0.3 is 5.32 Å². The van der Waals surface area contributed by atoms with Crippen LogP contribution >= 0.6 is 23.1 Å². The van der Waals surface area contributed by atoms with E-state index in [1.807, 2.05) is 32.0 Å². The number of benzene rings is 2. The Bertz CT molecular complexity index is 830. The Labute approximate surface area is 150 Å². The first-order valence-electron chi connectivity index (χ1n) is 7.83. The number of rotatable bonds is 5. The van der Waals surface area contributed by atoms with Crippen LogP contribution in [0.1, 0.15) is 21.7 Å². The predicted octanol–water partition coefficient (Wildman–Crippen LogP) is 5.09. The van der Waals surface area contributed by atoms with Crippen molar-refractivity contribution < 1.29 is 4.79 Å².